The Bertz CT molecular complexity index is 650. The van der Waals surface area contributed by atoms with E-state index in [1.54, 1.807) is 0 Å². The number of ether oxygens (including phenoxy) is 1. The summed E-state index contributed by atoms with van der Waals surface area (Å²) in [5.74, 6) is 1.79. The van der Waals surface area contributed by atoms with Crippen molar-refractivity contribution in [3.05, 3.63) is 34.4 Å². The number of hydrogen-bond donors (Lipinski definition) is 1. The van der Waals surface area contributed by atoms with E-state index in [2.05, 4.69) is 41.7 Å². The average molecular weight is 350 g/mol. The molecular weight excluding hydrogens is 330 g/mol. The summed E-state index contributed by atoms with van der Waals surface area (Å²) in [6.07, 6.45) is 0. The van der Waals surface area contributed by atoms with Gasteiger partial charge in [0.2, 0.25) is 0 Å². The van der Waals surface area contributed by atoms with Crippen molar-refractivity contribution in [2.45, 2.75) is 33.1 Å². The minimum atomic E-state index is -0.134. The van der Waals surface area contributed by atoms with Gasteiger partial charge in [-0.2, -0.15) is 0 Å². The largest absolute Gasteiger partial charge is 0.493 e. The van der Waals surface area contributed by atoms with Crippen LogP contribution in [0.15, 0.2) is 28.7 Å². The van der Waals surface area contributed by atoms with Crippen LogP contribution in [0, 0.1) is 0 Å². The van der Waals surface area contributed by atoms with Crippen LogP contribution in [0.1, 0.15) is 33.4 Å². The molecule has 0 bridgehead atoms. The van der Waals surface area contributed by atoms with E-state index in [1.165, 1.54) is 0 Å². The van der Waals surface area contributed by atoms with Crippen molar-refractivity contribution in [1.82, 2.24) is 9.97 Å². The number of para-hydroxylation sites is 1. The van der Waals surface area contributed by atoms with Gasteiger partial charge in [-0.1, -0.05) is 32.9 Å². The van der Waals surface area contributed by atoms with Crippen LogP contribution >= 0.6 is 15.9 Å². The Morgan fingerprint density at radius 1 is 1.19 bits per heavy atom. The number of hydrogen-bond acceptors (Lipinski definition) is 4. The van der Waals surface area contributed by atoms with Crippen molar-refractivity contribution in [1.29, 1.82) is 0 Å². The molecular formula is C16H20BrN3O. The highest BCUT2D eigenvalue weighted by Gasteiger charge is 2.23. The minimum absolute atomic E-state index is 0.134. The summed E-state index contributed by atoms with van der Waals surface area (Å²) in [5, 5.41) is 0. The van der Waals surface area contributed by atoms with E-state index >= 15 is 0 Å². The summed E-state index contributed by atoms with van der Waals surface area (Å²) in [6, 6.07) is 7.73. The Morgan fingerprint density at radius 2 is 1.86 bits per heavy atom. The van der Waals surface area contributed by atoms with Gasteiger partial charge < -0.3 is 10.5 Å². The zero-order valence-corrected chi connectivity index (χ0v) is 14.4. The van der Waals surface area contributed by atoms with Crippen molar-refractivity contribution in [3.8, 4) is 17.1 Å². The zero-order chi connectivity index (χ0) is 15.6. The lowest BCUT2D eigenvalue weighted by Crippen LogP contribution is -2.17. The van der Waals surface area contributed by atoms with Crippen LogP contribution in [-0.2, 0) is 5.41 Å². The molecule has 5 heteroatoms. The van der Waals surface area contributed by atoms with Gasteiger partial charge in [-0.05, 0) is 35.0 Å². The van der Waals surface area contributed by atoms with E-state index in [9.17, 15) is 0 Å². The van der Waals surface area contributed by atoms with E-state index in [-0.39, 0.29) is 5.41 Å². The molecule has 1 aromatic heterocycles. The number of nitrogens with zero attached hydrogens (tertiary/aromatic N) is 2. The molecule has 0 fully saturated rings. The van der Waals surface area contributed by atoms with Crippen LogP contribution in [0.4, 0.5) is 5.82 Å². The fraction of sp³-hybridized carbons (Fsp3) is 0.375. The van der Waals surface area contributed by atoms with Gasteiger partial charge in [-0.15, -0.1) is 0 Å². The number of nitrogen functional groups attached to an aromatic ring is 1. The second-order valence-corrected chi connectivity index (χ2v) is 6.57. The smallest absolute Gasteiger partial charge is 0.165 e. The number of anilines is 1. The minimum Gasteiger partial charge on any atom is -0.493 e. The Hall–Kier alpha value is -1.62. The molecule has 1 aromatic carbocycles. The molecule has 0 amide bonds. The fourth-order valence-corrected chi connectivity index (χ4v) is 2.79. The van der Waals surface area contributed by atoms with Crippen molar-refractivity contribution in [2.75, 3.05) is 12.3 Å². The molecule has 112 valence electrons. The van der Waals surface area contributed by atoms with E-state index in [0.29, 0.717) is 18.2 Å². The molecule has 0 atom stereocenters. The first-order valence-electron chi connectivity index (χ1n) is 6.90. The van der Waals surface area contributed by atoms with Gasteiger partial charge in [0.15, 0.2) is 5.82 Å². The van der Waals surface area contributed by atoms with Gasteiger partial charge in [-0.3, -0.25) is 0 Å². The van der Waals surface area contributed by atoms with Crippen LogP contribution < -0.4 is 10.5 Å². The quantitative estimate of drug-likeness (QED) is 0.902. The molecule has 0 aliphatic heterocycles. The van der Waals surface area contributed by atoms with Gasteiger partial charge >= 0.3 is 0 Å². The Balaban J connectivity index is 2.63. The molecule has 0 radical (unpaired) electrons. The highest BCUT2D eigenvalue weighted by atomic mass is 79.9. The summed E-state index contributed by atoms with van der Waals surface area (Å²) in [7, 11) is 0. The molecule has 2 N–H and O–H groups in total. The lowest BCUT2D eigenvalue weighted by atomic mass is 9.91. The Kier molecular flexibility index (Phi) is 4.52. The maximum absolute atomic E-state index is 6.04. The molecule has 0 spiro atoms. The number of nitrogens with two attached hydrogens (primary N) is 1. The molecule has 21 heavy (non-hydrogen) atoms. The summed E-state index contributed by atoms with van der Waals surface area (Å²) >= 11 is 3.49. The first-order valence-corrected chi connectivity index (χ1v) is 7.69. The second-order valence-electron chi connectivity index (χ2n) is 5.77. The fourth-order valence-electron chi connectivity index (χ4n) is 2.01. The maximum Gasteiger partial charge on any atom is 0.165 e. The molecule has 4 nitrogen and oxygen atoms in total. The van der Waals surface area contributed by atoms with Crippen molar-refractivity contribution < 1.29 is 4.74 Å². The Morgan fingerprint density at radius 3 is 2.48 bits per heavy atom. The van der Waals surface area contributed by atoms with Crippen LogP contribution in [0.3, 0.4) is 0 Å². The van der Waals surface area contributed by atoms with Crippen LogP contribution in [0.5, 0.6) is 5.75 Å². The third-order valence-electron chi connectivity index (χ3n) is 3.02. The van der Waals surface area contributed by atoms with Crippen LogP contribution in [0.2, 0.25) is 0 Å². The van der Waals surface area contributed by atoms with Gasteiger partial charge in [0, 0.05) is 5.41 Å². The highest BCUT2D eigenvalue weighted by Crippen LogP contribution is 2.35. The molecule has 2 aromatic rings. The van der Waals surface area contributed by atoms with Crippen molar-refractivity contribution >= 4 is 21.7 Å². The van der Waals surface area contributed by atoms with Crippen molar-refractivity contribution in [3.63, 3.8) is 0 Å². The zero-order valence-electron chi connectivity index (χ0n) is 12.8. The average Bonchev–Trinajstić information content (AvgIpc) is 2.41. The van der Waals surface area contributed by atoms with Crippen LogP contribution in [0.25, 0.3) is 11.4 Å². The van der Waals surface area contributed by atoms with Crippen molar-refractivity contribution in [2.24, 2.45) is 0 Å². The number of halogens is 1. The second kappa shape index (κ2) is 6.02. The molecule has 0 saturated carbocycles. The van der Waals surface area contributed by atoms with E-state index in [1.807, 2.05) is 31.2 Å². The topological polar surface area (TPSA) is 61.0 Å². The number of aromatic nitrogens is 2. The summed E-state index contributed by atoms with van der Waals surface area (Å²) < 4.78 is 6.41. The molecule has 0 saturated heterocycles. The van der Waals surface area contributed by atoms with E-state index in [0.717, 1.165) is 21.5 Å². The predicted octanol–water partition coefficient (Wildman–Crippen LogP) is 4.18. The maximum atomic E-state index is 6.04. The molecule has 1 heterocycles. The predicted molar refractivity (Wildman–Crippen MR) is 89.4 cm³/mol. The molecule has 2 rings (SSSR count). The Labute approximate surface area is 133 Å². The first kappa shape index (κ1) is 15.8. The molecule has 0 unspecified atom stereocenters. The third-order valence-corrected chi connectivity index (χ3v) is 3.80. The van der Waals surface area contributed by atoms with Gasteiger partial charge in [0.05, 0.1) is 22.3 Å². The first-order chi connectivity index (χ1) is 9.84. The summed E-state index contributed by atoms with van der Waals surface area (Å²) in [5.41, 5.74) is 7.64. The SMILES string of the molecule is CCOc1ccccc1-c1nc(N)c(Br)c(C(C)(C)C)n1. The number of rotatable bonds is 3. The van der Waals surface area contributed by atoms with E-state index in [4.69, 9.17) is 15.5 Å². The normalized spacial score (nSPS) is 11.5. The molecule has 0 aliphatic carbocycles. The lowest BCUT2D eigenvalue weighted by molar-refractivity contribution is 0.341. The summed E-state index contributed by atoms with van der Waals surface area (Å²) in [4.78, 5) is 9.10. The number of benzene rings is 1. The van der Waals surface area contributed by atoms with Crippen LogP contribution in [-0.4, -0.2) is 16.6 Å². The highest BCUT2D eigenvalue weighted by molar-refractivity contribution is 9.10. The standard InChI is InChI=1S/C16H20BrN3O/c1-5-21-11-9-7-6-8-10(11)15-19-13(16(2,3)4)12(17)14(18)20-15/h6-9H,5H2,1-4H3,(H2,18,19,20). The van der Waals surface area contributed by atoms with Gasteiger partial charge in [0.25, 0.3) is 0 Å². The third kappa shape index (κ3) is 3.35. The van der Waals surface area contributed by atoms with Gasteiger partial charge in [0.1, 0.15) is 11.6 Å². The monoisotopic (exact) mass is 349 g/mol. The summed E-state index contributed by atoms with van der Waals surface area (Å²) in [6.45, 7) is 8.83. The lowest BCUT2D eigenvalue weighted by Gasteiger charge is -2.21. The van der Waals surface area contributed by atoms with E-state index < -0.39 is 0 Å². The molecule has 0 aliphatic rings. The van der Waals surface area contributed by atoms with Gasteiger partial charge in [-0.25, -0.2) is 9.97 Å².